The first-order valence-electron chi connectivity index (χ1n) is 9.74. The van der Waals surface area contributed by atoms with Crippen LogP contribution in [0.5, 0.6) is 0 Å². The number of carbonyl (C=O) groups excluding carboxylic acids is 1. The highest BCUT2D eigenvalue weighted by molar-refractivity contribution is 5.69. The maximum absolute atomic E-state index is 13.5. The fourth-order valence-corrected chi connectivity index (χ4v) is 4.42. The molecule has 2 aliphatic heterocycles. The Morgan fingerprint density at radius 2 is 1.67 bits per heavy atom. The van der Waals surface area contributed by atoms with Crippen LogP contribution in [-0.4, -0.2) is 41.4 Å². The van der Waals surface area contributed by atoms with Crippen molar-refractivity contribution >= 4 is 6.09 Å². The number of rotatable bonds is 3. The number of amides is 1. The lowest BCUT2D eigenvalue weighted by Gasteiger charge is -2.51. The highest BCUT2D eigenvalue weighted by Crippen LogP contribution is 2.45. The molecule has 4 rings (SSSR count). The summed E-state index contributed by atoms with van der Waals surface area (Å²) < 4.78 is 51.5. The molecule has 2 unspecified atom stereocenters. The van der Waals surface area contributed by atoms with E-state index in [-0.39, 0.29) is 38.2 Å². The van der Waals surface area contributed by atoms with Gasteiger partial charge in [0.15, 0.2) is 0 Å². The highest BCUT2D eigenvalue weighted by atomic mass is 19.4. The number of morpholine rings is 1. The van der Waals surface area contributed by atoms with Crippen LogP contribution in [0.1, 0.15) is 29.5 Å². The summed E-state index contributed by atoms with van der Waals surface area (Å²) in [7, 11) is 0. The quantitative estimate of drug-likeness (QED) is 0.811. The number of hydrogen-bond acceptors (Lipinski definition) is 4. The first kappa shape index (κ1) is 20.7. The second kappa shape index (κ2) is 7.92. The lowest BCUT2D eigenvalue weighted by Crippen LogP contribution is -2.62. The Labute approximate surface area is 172 Å². The number of carbonyl (C=O) groups is 1. The predicted octanol–water partition coefficient (Wildman–Crippen LogP) is 4.09. The van der Waals surface area contributed by atoms with Gasteiger partial charge >= 0.3 is 12.3 Å². The standard InChI is InChI=1S/C22H22F3NO4/c23-22(24,25)19-9-5-4-8-18(19)21(28)10-16-13-29-14-17(11-21)26(16)20(27)30-12-15-6-2-1-3-7-15/h1-9,16-17,28H,10-14H2. The summed E-state index contributed by atoms with van der Waals surface area (Å²) in [6, 6.07) is 13.1. The fourth-order valence-electron chi connectivity index (χ4n) is 4.42. The van der Waals surface area contributed by atoms with Crippen LogP contribution < -0.4 is 0 Å². The van der Waals surface area contributed by atoms with Crippen molar-refractivity contribution in [1.29, 1.82) is 0 Å². The third kappa shape index (κ3) is 4.02. The molecular weight excluding hydrogens is 399 g/mol. The summed E-state index contributed by atoms with van der Waals surface area (Å²) in [6.07, 6.45) is -5.25. The van der Waals surface area contributed by atoms with Crippen LogP contribution >= 0.6 is 0 Å². The molecule has 2 fully saturated rings. The van der Waals surface area contributed by atoms with Gasteiger partial charge in [-0.15, -0.1) is 0 Å². The second-order valence-corrected chi connectivity index (χ2v) is 7.78. The summed E-state index contributed by atoms with van der Waals surface area (Å²) in [5.74, 6) is 0. The number of benzene rings is 2. The van der Waals surface area contributed by atoms with Gasteiger partial charge in [-0.1, -0.05) is 48.5 Å². The first-order valence-corrected chi connectivity index (χ1v) is 9.74. The second-order valence-electron chi connectivity index (χ2n) is 7.78. The molecule has 8 heteroatoms. The smallest absolute Gasteiger partial charge is 0.416 e. The zero-order chi connectivity index (χ0) is 21.4. The third-order valence-electron chi connectivity index (χ3n) is 5.70. The minimum Gasteiger partial charge on any atom is -0.445 e. The summed E-state index contributed by atoms with van der Waals surface area (Å²) in [5, 5.41) is 11.3. The number of fused-ring (bicyclic) bond motifs is 2. The van der Waals surface area contributed by atoms with E-state index in [9.17, 15) is 23.1 Å². The van der Waals surface area contributed by atoms with Gasteiger partial charge in [-0.25, -0.2) is 4.79 Å². The van der Waals surface area contributed by atoms with Crippen LogP contribution in [0.25, 0.3) is 0 Å². The average Bonchev–Trinajstić information content (AvgIpc) is 2.71. The first-order chi connectivity index (χ1) is 14.3. The van der Waals surface area contributed by atoms with Gasteiger partial charge in [0.1, 0.15) is 6.61 Å². The van der Waals surface area contributed by atoms with Gasteiger partial charge in [0.2, 0.25) is 0 Å². The molecule has 0 saturated carbocycles. The fraction of sp³-hybridized carbons (Fsp3) is 0.409. The average molecular weight is 421 g/mol. The molecule has 0 aliphatic carbocycles. The van der Waals surface area contributed by atoms with Gasteiger partial charge in [0.05, 0.1) is 36.5 Å². The van der Waals surface area contributed by atoms with Crippen molar-refractivity contribution in [2.45, 2.75) is 43.3 Å². The molecule has 2 aromatic carbocycles. The molecule has 160 valence electrons. The Hall–Kier alpha value is -2.58. The molecule has 2 bridgehead atoms. The van der Waals surface area contributed by atoms with Crippen LogP contribution in [0.15, 0.2) is 54.6 Å². The van der Waals surface area contributed by atoms with Crippen molar-refractivity contribution in [3.05, 3.63) is 71.3 Å². The van der Waals surface area contributed by atoms with E-state index in [1.54, 1.807) is 0 Å². The SMILES string of the molecule is O=C(OCc1ccccc1)N1C2COCC1CC(O)(c1ccccc1C(F)(F)F)C2. The van der Waals surface area contributed by atoms with Gasteiger partial charge in [0, 0.05) is 12.8 Å². The molecule has 30 heavy (non-hydrogen) atoms. The number of piperidine rings is 1. The number of ether oxygens (including phenoxy) is 2. The molecular formula is C22H22F3NO4. The number of alkyl halides is 3. The van der Waals surface area contributed by atoms with Gasteiger partial charge < -0.3 is 14.6 Å². The van der Waals surface area contributed by atoms with E-state index < -0.39 is 35.5 Å². The molecule has 0 spiro atoms. The molecule has 5 nitrogen and oxygen atoms in total. The summed E-state index contributed by atoms with van der Waals surface area (Å²) >= 11 is 0. The normalized spacial score (nSPS) is 26.3. The molecule has 2 heterocycles. The van der Waals surface area contributed by atoms with Gasteiger partial charge in [-0.3, -0.25) is 4.90 Å². The topological polar surface area (TPSA) is 59.0 Å². The van der Waals surface area contributed by atoms with E-state index >= 15 is 0 Å². The van der Waals surface area contributed by atoms with Crippen molar-refractivity contribution in [1.82, 2.24) is 4.90 Å². The maximum Gasteiger partial charge on any atom is 0.416 e. The minimum absolute atomic E-state index is 0.0585. The van der Waals surface area contributed by atoms with Crippen LogP contribution in [0.4, 0.5) is 18.0 Å². The Morgan fingerprint density at radius 1 is 1.07 bits per heavy atom. The van der Waals surface area contributed by atoms with E-state index in [0.29, 0.717) is 0 Å². The summed E-state index contributed by atoms with van der Waals surface area (Å²) in [4.78, 5) is 14.3. The van der Waals surface area contributed by atoms with Gasteiger partial charge in [0.25, 0.3) is 0 Å². The third-order valence-corrected chi connectivity index (χ3v) is 5.70. The van der Waals surface area contributed by atoms with Crippen LogP contribution in [0, 0.1) is 0 Å². The molecule has 2 atom stereocenters. The molecule has 0 aromatic heterocycles. The number of hydrogen-bond donors (Lipinski definition) is 1. The Morgan fingerprint density at radius 3 is 2.30 bits per heavy atom. The minimum atomic E-state index is -4.58. The number of nitrogens with zero attached hydrogens (tertiary/aromatic N) is 1. The Balaban J connectivity index is 1.55. The van der Waals surface area contributed by atoms with E-state index in [2.05, 4.69) is 0 Å². The predicted molar refractivity (Wildman–Crippen MR) is 101 cm³/mol. The van der Waals surface area contributed by atoms with Crippen molar-refractivity contribution in [2.75, 3.05) is 13.2 Å². The van der Waals surface area contributed by atoms with Crippen LogP contribution in [0.3, 0.4) is 0 Å². The molecule has 0 radical (unpaired) electrons. The van der Waals surface area contributed by atoms with Gasteiger partial charge in [-0.2, -0.15) is 13.2 Å². The van der Waals surface area contributed by atoms with E-state index in [4.69, 9.17) is 9.47 Å². The van der Waals surface area contributed by atoms with Gasteiger partial charge in [-0.05, 0) is 17.2 Å². The zero-order valence-electron chi connectivity index (χ0n) is 16.1. The highest BCUT2D eigenvalue weighted by Gasteiger charge is 2.51. The van der Waals surface area contributed by atoms with Crippen molar-refractivity contribution < 1.29 is 32.5 Å². The lowest BCUT2D eigenvalue weighted by atomic mass is 9.75. The maximum atomic E-state index is 13.5. The number of aliphatic hydroxyl groups is 1. The lowest BCUT2D eigenvalue weighted by molar-refractivity contribution is -0.153. The van der Waals surface area contributed by atoms with Crippen molar-refractivity contribution in [3.8, 4) is 0 Å². The Bertz CT molecular complexity index is 889. The molecule has 1 N–H and O–H groups in total. The van der Waals surface area contributed by atoms with Crippen molar-refractivity contribution in [3.63, 3.8) is 0 Å². The summed E-state index contributed by atoms with van der Waals surface area (Å²) in [5.41, 5.74) is -1.89. The van der Waals surface area contributed by atoms with Crippen molar-refractivity contribution in [2.24, 2.45) is 0 Å². The zero-order valence-corrected chi connectivity index (χ0v) is 16.1. The van der Waals surface area contributed by atoms with Crippen LogP contribution in [0.2, 0.25) is 0 Å². The van der Waals surface area contributed by atoms with Crippen LogP contribution in [-0.2, 0) is 27.9 Å². The number of halogens is 3. The molecule has 2 aliphatic rings. The van der Waals surface area contributed by atoms with E-state index in [1.807, 2.05) is 30.3 Å². The molecule has 1 amide bonds. The Kier molecular flexibility index (Phi) is 5.46. The monoisotopic (exact) mass is 421 g/mol. The summed E-state index contributed by atoms with van der Waals surface area (Å²) in [6.45, 7) is 0.360. The van der Waals surface area contributed by atoms with E-state index in [1.165, 1.54) is 23.1 Å². The largest absolute Gasteiger partial charge is 0.445 e. The molecule has 2 aromatic rings. The molecule has 2 saturated heterocycles. The van der Waals surface area contributed by atoms with E-state index in [0.717, 1.165) is 11.6 Å².